The third kappa shape index (κ3) is 4.20. The molecule has 0 saturated carbocycles. The highest BCUT2D eigenvalue weighted by Gasteiger charge is 2.09. The average molecular weight is 311 g/mol. The van der Waals surface area contributed by atoms with Crippen molar-refractivity contribution in [1.82, 2.24) is 10.3 Å². The summed E-state index contributed by atoms with van der Waals surface area (Å²) in [6.45, 7) is 6.37. The molecule has 2 aromatic rings. The van der Waals surface area contributed by atoms with Crippen LogP contribution >= 0.6 is 22.9 Å². The maximum atomic E-state index is 6.26. The molecule has 1 aromatic carbocycles. The number of rotatable bonds is 7. The van der Waals surface area contributed by atoms with Gasteiger partial charge in [0, 0.05) is 23.3 Å². The Morgan fingerprint density at radius 2 is 2.25 bits per heavy atom. The Morgan fingerprint density at radius 1 is 1.40 bits per heavy atom. The molecule has 0 saturated heterocycles. The molecular weight excluding hydrogens is 292 g/mol. The lowest BCUT2D eigenvalue weighted by Gasteiger charge is -2.13. The van der Waals surface area contributed by atoms with E-state index in [1.807, 2.05) is 31.3 Å². The molecule has 1 N–H and O–H groups in total. The fourth-order valence-electron chi connectivity index (χ4n) is 1.86. The monoisotopic (exact) mass is 310 g/mol. The number of ether oxygens (including phenoxy) is 1. The van der Waals surface area contributed by atoms with Crippen LogP contribution in [0.5, 0.6) is 5.75 Å². The van der Waals surface area contributed by atoms with E-state index in [1.54, 1.807) is 11.3 Å². The van der Waals surface area contributed by atoms with Crippen LogP contribution in [0, 0.1) is 6.92 Å². The first kappa shape index (κ1) is 15.3. The molecule has 0 radical (unpaired) electrons. The van der Waals surface area contributed by atoms with E-state index in [9.17, 15) is 0 Å². The summed E-state index contributed by atoms with van der Waals surface area (Å²) in [7, 11) is 0. The molecule has 0 amide bonds. The van der Waals surface area contributed by atoms with Crippen molar-refractivity contribution in [2.45, 2.75) is 33.4 Å². The maximum Gasteiger partial charge on any atom is 0.125 e. The van der Waals surface area contributed by atoms with Crippen molar-refractivity contribution in [2.24, 2.45) is 0 Å². The first-order valence-electron chi connectivity index (χ1n) is 6.73. The van der Waals surface area contributed by atoms with E-state index < -0.39 is 0 Å². The summed E-state index contributed by atoms with van der Waals surface area (Å²) in [4.78, 5) is 5.35. The fraction of sp³-hybridized carbons (Fsp3) is 0.400. The standard InChI is InChI=1S/C15H19ClN2OS/c1-3-7-17-9-13-14(16)5-4-6-15(13)19-10-12-8-18-11(2)20-12/h4-6,8,17H,3,7,9-10H2,1-2H3. The van der Waals surface area contributed by atoms with Gasteiger partial charge in [-0.3, -0.25) is 0 Å². The summed E-state index contributed by atoms with van der Waals surface area (Å²) in [5, 5.41) is 5.16. The zero-order valence-electron chi connectivity index (χ0n) is 11.8. The Labute approximate surface area is 129 Å². The number of hydrogen-bond acceptors (Lipinski definition) is 4. The highest BCUT2D eigenvalue weighted by Crippen LogP contribution is 2.27. The van der Waals surface area contributed by atoms with E-state index in [-0.39, 0.29) is 0 Å². The Bertz CT molecular complexity index is 557. The van der Waals surface area contributed by atoms with Gasteiger partial charge in [-0.2, -0.15) is 0 Å². The van der Waals surface area contributed by atoms with Crippen molar-refractivity contribution in [3.8, 4) is 5.75 Å². The predicted octanol–water partition coefficient (Wildman–Crippen LogP) is 4.18. The molecule has 0 aliphatic carbocycles. The van der Waals surface area contributed by atoms with Crippen LogP contribution in [-0.4, -0.2) is 11.5 Å². The molecule has 1 aromatic heterocycles. The third-order valence-electron chi connectivity index (χ3n) is 2.84. The van der Waals surface area contributed by atoms with Crippen LogP contribution < -0.4 is 10.1 Å². The van der Waals surface area contributed by atoms with Gasteiger partial charge >= 0.3 is 0 Å². The number of aromatic nitrogens is 1. The van der Waals surface area contributed by atoms with E-state index in [0.717, 1.165) is 45.7 Å². The minimum absolute atomic E-state index is 0.534. The minimum atomic E-state index is 0.534. The Morgan fingerprint density at radius 3 is 2.95 bits per heavy atom. The highest BCUT2D eigenvalue weighted by atomic mass is 35.5. The van der Waals surface area contributed by atoms with Crippen molar-refractivity contribution >= 4 is 22.9 Å². The van der Waals surface area contributed by atoms with Gasteiger partial charge in [0.15, 0.2) is 0 Å². The maximum absolute atomic E-state index is 6.26. The molecule has 20 heavy (non-hydrogen) atoms. The molecule has 0 bridgehead atoms. The second-order valence-corrected chi connectivity index (χ2v) is 6.25. The number of thiazole rings is 1. The molecule has 0 atom stereocenters. The molecule has 0 fully saturated rings. The van der Waals surface area contributed by atoms with Crippen molar-refractivity contribution in [3.05, 3.63) is 44.9 Å². The van der Waals surface area contributed by atoms with Gasteiger partial charge in [0.1, 0.15) is 12.4 Å². The molecule has 0 aliphatic rings. The Hall–Kier alpha value is -1.10. The lowest BCUT2D eigenvalue weighted by atomic mass is 10.2. The van der Waals surface area contributed by atoms with Crippen LogP contribution in [0.4, 0.5) is 0 Å². The van der Waals surface area contributed by atoms with E-state index in [4.69, 9.17) is 16.3 Å². The zero-order valence-corrected chi connectivity index (χ0v) is 13.4. The van der Waals surface area contributed by atoms with Crippen molar-refractivity contribution in [2.75, 3.05) is 6.54 Å². The van der Waals surface area contributed by atoms with Crippen LogP contribution in [0.15, 0.2) is 24.4 Å². The number of nitrogens with zero attached hydrogens (tertiary/aromatic N) is 1. The molecule has 1 heterocycles. The van der Waals surface area contributed by atoms with Gasteiger partial charge in [-0.25, -0.2) is 4.98 Å². The zero-order chi connectivity index (χ0) is 14.4. The molecule has 108 valence electrons. The number of aryl methyl sites for hydroxylation is 1. The summed E-state index contributed by atoms with van der Waals surface area (Å²) in [6, 6.07) is 5.77. The Balaban J connectivity index is 2.04. The molecule has 0 aliphatic heterocycles. The molecule has 2 rings (SSSR count). The highest BCUT2D eigenvalue weighted by molar-refractivity contribution is 7.11. The van der Waals surface area contributed by atoms with Crippen molar-refractivity contribution in [3.63, 3.8) is 0 Å². The van der Waals surface area contributed by atoms with E-state index >= 15 is 0 Å². The van der Waals surface area contributed by atoms with Crippen LogP contribution in [0.25, 0.3) is 0 Å². The van der Waals surface area contributed by atoms with Gasteiger partial charge in [-0.1, -0.05) is 24.6 Å². The van der Waals surface area contributed by atoms with Gasteiger partial charge in [0.05, 0.1) is 9.88 Å². The lowest BCUT2D eigenvalue weighted by Crippen LogP contribution is -2.15. The smallest absolute Gasteiger partial charge is 0.125 e. The first-order chi connectivity index (χ1) is 9.70. The normalized spacial score (nSPS) is 10.8. The van der Waals surface area contributed by atoms with Crippen LogP contribution in [-0.2, 0) is 13.2 Å². The van der Waals surface area contributed by atoms with E-state index in [0.29, 0.717) is 6.61 Å². The molecule has 5 heteroatoms. The minimum Gasteiger partial charge on any atom is -0.488 e. The third-order valence-corrected chi connectivity index (χ3v) is 4.08. The van der Waals surface area contributed by atoms with Gasteiger partial charge in [0.2, 0.25) is 0 Å². The molecule has 0 unspecified atom stereocenters. The van der Waals surface area contributed by atoms with Gasteiger partial charge < -0.3 is 10.1 Å². The SMILES string of the molecule is CCCNCc1c(Cl)cccc1OCc1cnc(C)s1. The number of halogens is 1. The molecule has 0 spiro atoms. The number of benzene rings is 1. The van der Waals surface area contributed by atoms with Gasteiger partial charge in [-0.05, 0) is 32.0 Å². The summed E-state index contributed by atoms with van der Waals surface area (Å²) in [5.41, 5.74) is 1.02. The summed E-state index contributed by atoms with van der Waals surface area (Å²) < 4.78 is 5.89. The first-order valence-corrected chi connectivity index (χ1v) is 7.92. The topological polar surface area (TPSA) is 34.1 Å². The number of hydrogen-bond donors (Lipinski definition) is 1. The number of nitrogens with one attached hydrogen (secondary N) is 1. The largest absolute Gasteiger partial charge is 0.488 e. The van der Waals surface area contributed by atoms with Crippen LogP contribution in [0.3, 0.4) is 0 Å². The quantitative estimate of drug-likeness (QED) is 0.779. The summed E-state index contributed by atoms with van der Waals surface area (Å²) in [6.07, 6.45) is 2.96. The summed E-state index contributed by atoms with van der Waals surface area (Å²) in [5.74, 6) is 0.840. The van der Waals surface area contributed by atoms with Crippen molar-refractivity contribution in [1.29, 1.82) is 0 Å². The molecule has 3 nitrogen and oxygen atoms in total. The van der Waals surface area contributed by atoms with Crippen LogP contribution in [0.2, 0.25) is 5.02 Å². The average Bonchev–Trinajstić information content (AvgIpc) is 2.85. The van der Waals surface area contributed by atoms with Crippen LogP contribution in [0.1, 0.15) is 28.8 Å². The van der Waals surface area contributed by atoms with E-state index in [2.05, 4.69) is 17.2 Å². The van der Waals surface area contributed by atoms with Gasteiger partial charge in [-0.15, -0.1) is 11.3 Å². The summed E-state index contributed by atoms with van der Waals surface area (Å²) >= 11 is 7.92. The second-order valence-electron chi connectivity index (χ2n) is 4.53. The lowest BCUT2D eigenvalue weighted by molar-refractivity contribution is 0.305. The Kier molecular flexibility index (Phi) is 5.83. The van der Waals surface area contributed by atoms with Gasteiger partial charge in [0.25, 0.3) is 0 Å². The predicted molar refractivity (Wildman–Crippen MR) is 84.6 cm³/mol. The second kappa shape index (κ2) is 7.62. The molecular formula is C15H19ClN2OS. The fourth-order valence-corrected chi connectivity index (χ4v) is 2.80. The van der Waals surface area contributed by atoms with E-state index in [1.165, 1.54) is 0 Å². The van der Waals surface area contributed by atoms with Crippen molar-refractivity contribution < 1.29 is 4.74 Å².